The second kappa shape index (κ2) is 6.81. The largest absolute Gasteiger partial charge is 0.480 e. The summed E-state index contributed by atoms with van der Waals surface area (Å²) in [5.74, 6) is -0.787. The van der Waals surface area contributed by atoms with Crippen LogP contribution >= 0.6 is 11.8 Å². The molecular formula is C14H21NO2S. The van der Waals surface area contributed by atoms with Crippen LogP contribution in [0, 0.1) is 0 Å². The summed E-state index contributed by atoms with van der Waals surface area (Å²) in [7, 11) is 0. The highest BCUT2D eigenvalue weighted by Crippen LogP contribution is 2.28. The molecule has 18 heavy (non-hydrogen) atoms. The maximum Gasteiger partial charge on any atom is 0.323 e. The maximum absolute atomic E-state index is 11.3. The molecule has 2 atom stereocenters. The van der Waals surface area contributed by atoms with Gasteiger partial charge in [0.15, 0.2) is 0 Å². The minimum absolute atomic E-state index is 0.243. The van der Waals surface area contributed by atoms with Crippen LogP contribution < -0.4 is 5.32 Å². The van der Waals surface area contributed by atoms with Crippen LogP contribution in [-0.2, 0) is 4.79 Å². The number of benzene rings is 1. The highest BCUT2D eigenvalue weighted by Gasteiger charge is 2.33. The predicted molar refractivity (Wildman–Crippen MR) is 76.1 cm³/mol. The lowest BCUT2D eigenvalue weighted by Gasteiger charge is -2.28. The number of nitrogens with one attached hydrogen (secondary N) is 1. The van der Waals surface area contributed by atoms with Gasteiger partial charge < -0.3 is 10.4 Å². The number of likely N-dealkylation sites (N-methyl/N-ethyl adjacent to an activating group) is 1. The number of rotatable bonds is 7. The quantitative estimate of drug-likeness (QED) is 0.746. The van der Waals surface area contributed by atoms with Crippen LogP contribution in [0.1, 0.15) is 27.2 Å². The number of hydrogen-bond donors (Lipinski definition) is 2. The molecular weight excluding hydrogens is 246 g/mol. The van der Waals surface area contributed by atoms with Gasteiger partial charge in [0, 0.05) is 10.1 Å². The van der Waals surface area contributed by atoms with Gasteiger partial charge in [-0.25, -0.2) is 0 Å². The monoisotopic (exact) mass is 267 g/mol. The molecule has 4 heteroatoms. The van der Waals surface area contributed by atoms with Gasteiger partial charge in [0.25, 0.3) is 0 Å². The molecule has 1 aromatic rings. The van der Waals surface area contributed by atoms with Gasteiger partial charge in [0.05, 0.1) is 0 Å². The molecule has 1 aromatic carbocycles. The zero-order chi connectivity index (χ0) is 13.6. The van der Waals surface area contributed by atoms with Gasteiger partial charge in [-0.15, -0.1) is 11.8 Å². The summed E-state index contributed by atoms with van der Waals surface area (Å²) in [6.45, 7) is 6.40. The average Bonchev–Trinajstić information content (AvgIpc) is 2.30. The molecule has 0 amide bonds. The lowest BCUT2D eigenvalue weighted by Crippen LogP contribution is -2.50. The number of aliphatic carboxylic acids is 1. The molecule has 0 aliphatic heterocycles. The minimum atomic E-state index is -0.851. The van der Waals surface area contributed by atoms with Crippen molar-refractivity contribution in [3.8, 4) is 0 Å². The topological polar surface area (TPSA) is 49.3 Å². The van der Waals surface area contributed by atoms with E-state index in [1.807, 2.05) is 37.3 Å². The fraction of sp³-hybridized carbons (Fsp3) is 0.500. The smallest absolute Gasteiger partial charge is 0.323 e. The Labute approximate surface area is 113 Å². The van der Waals surface area contributed by atoms with Crippen molar-refractivity contribution in [3.05, 3.63) is 30.3 Å². The molecule has 0 fully saturated rings. The van der Waals surface area contributed by atoms with E-state index in [9.17, 15) is 9.90 Å². The van der Waals surface area contributed by atoms with Gasteiger partial charge in [-0.05, 0) is 32.0 Å². The molecule has 3 nitrogen and oxygen atoms in total. The van der Waals surface area contributed by atoms with Crippen LogP contribution in [-0.4, -0.2) is 28.4 Å². The first-order valence-corrected chi connectivity index (χ1v) is 7.06. The van der Waals surface area contributed by atoms with Crippen LogP contribution in [0.5, 0.6) is 0 Å². The highest BCUT2D eigenvalue weighted by molar-refractivity contribution is 7.99. The molecule has 0 saturated carbocycles. The van der Waals surface area contributed by atoms with E-state index < -0.39 is 11.5 Å². The second-order valence-electron chi connectivity index (χ2n) is 4.61. The van der Waals surface area contributed by atoms with Gasteiger partial charge in [-0.1, -0.05) is 32.0 Å². The molecule has 100 valence electrons. The molecule has 1 rings (SSSR count). The molecule has 2 N–H and O–H groups in total. The van der Waals surface area contributed by atoms with E-state index in [0.29, 0.717) is 13.0 Å². The Hall–Kier alpha value is -1.00. The summed E-state index contributed by atoms with van der Waals surface area (Å²) < 4.78 is 0. The molecule has 0 radical (unpaired) electrons. The van der Waals surface area contributed by atoms with Gasteiger partial charge in [-0.3, -0.25) is 4.79 Å². The van der Waals surface area contributed by atoms with Crippen molar-refractivity contribution in [1.82, 2.24) is 5.32 Å². The van der Waals surface area contributed by atoms with E-state index in [0.717, 1.165) is 0 Å². The molecule has 0 aliphatic carbocycles. The van der Waals surface area contributed by atoms with E-state index in [1.54, 1.807) is 18.7 Å². The predicted octanol–water partition coefficient (Wildman–Crippen LogP) is 3.01. The molecule has 0 spiro atoms. The van der Waals surface area contributed by atoms with E-state index >= 15 is 0 Å². The third-order valence-corrected chi connectivity index (χ3v) is 3.93. The number of carboxylic acids is 1. The van der Waals surface area contributed by atoms with Crippen molar-refractivity contribution >= 4 is 17.7 Å². The number of carboxylic acid groups (broad SMARTS) is 1. The SMILES string of the molecule is CCNC(C)(CC(C)Sc1ccccc1)C(=O)O. The normalized spacial score (nSPS) is 15.9. The van der Waals surface area contributed by atoms with Gasteiger partial charge in [0.2, 0.25) is 0 Å². The minimum Gasteiger partial charge on any atom is -0.480 e. The Morgan fingerprint density at radius 1 is 1.44 bits per heavy atom. The Morgan fingerprint density at radius 3 is 2.56 bits per heavy atom. The highest BCUT2D eigenvalue weighted by atomic mass is 32.2. The van der Waals surface area contributed by atoms with Gasteiger partial charge >= 0.3 is 5.97 Å². The van der Waals surface area contributed by atoms with Crippen molar-refractivity contribution in [1.29, 1.82) is 0 Å². The number of carbonyl (C=O) groups is 1. The molecule has 0 heterocycles. The summed E-state index contributed by atoms with van der Waals surface area (Å²) in [5, 5.41) is 12.6. The Kier molecular flexibility index (Phi) is 5.69. The lowest BCUT2D eigenvalue weighted by molar-refractivity contribution is -0.144. The Balaban J connectivity index is 2.62. The summed E-state index contributed by atoms with van der Waals surface area (Å²) in [5.41, 5.74) is -0.851. The average molecular weight is 267 g/mol. The van der Waals surface area contributed by atoms with Crippen LogP contribution in [0.25, 0.3) is 0 Å². The van der Waals surface area contributed by atoms with Gasteiger partial charge in [-0.2, -0.15) is 0 Å². The first-order valence-electron chi connectivity index (χ1n) is 6.18. The van der Waals surface area contributed by atoms with Crippen molar-refractivity contribution < 1.29 is 9.90 Å². The van der Waals surface area contributed by atoms with Crippen LogP contribution in [0.15, 0.2) is 35.2 Å². The van der Waals surface area contributed by atoms with Crippen molar-refractivity contribution in [2.75, 3.05) is 6.54 Å². The third kappa shape index (κ3) is 4.35. The molecule has 0 bridgehead atoms. The van der Waals surface area contributed by atoms with Crippen molar-refractivity contribution in [3.63, 3.8) is 0 Å². The molecule has 2 unspecified atom stereocenters. The van der Waals surface area contributed by atoms with E-state index in [4.69, 9.17) is 0 Å². The van der Waals surface area contributed by atoms with Crippen LogP contribution in [0.2, 0.25) is 0 Å². The summed E-state index contributed by atoms with van der Waals surface area (Å²) in [6.07, 6.45) is 0.593. The summed E-state index contributed by atoms with van der Waals surface area (Å²) in [6, 6.07) is 10.1. The zero-order valence-corrected chi connectivity index (χ0v) is 12.0. The molecule has 0 saturated heterocycles. The lowest BCUT2D eigenvalue weighted by atomic mass is 9.96. The second-order valence-corrected chi connectivity index (χ2v) is 6.13. The molecule has 0 aromatic heterocycles. The summed E-state index contributed by atoms with van der Waals surface area (Å²) in [4.78, 5) is 12.5. The Morgan fingerprint density at radius 2 is 2.06 bits per heavy atom. The number of thioether (sulfide) groups is 1. The van der Waals surface area contributed by atoms with Crippen molar-refractivity contribution in [2.24, 2.45) is 0 Å². The summed E-state index contributed by atoms with van der Waals surface area (Å²) >= 11 is 1.71. The van der Waals surface area contributed by atoms with Gasteiger partial charge in [0.1, 0.15) is 5.54 Å². The third-order valence-electron chi connectivity index (χ3n) is 2.82. The van der Waals surface area contributed by atoms with E-state index in [1.165, 1.54) is 4.90 Å². The molecule has 0 aliphatic rings. The first-order chi connectivity index (χ1) is 8.48. The fourth-order valence-corrected chi connectivity index (χ4v) is 3.17. The van der Waals surface area contributed by atoms with Crippen LogP contribution in [0.4, 0.5) is 0 Å². The standard InChI is InChI=1S/C14H21NO2S/c1-4-15-14(3,13(16)17)10-11(2)18-12-8-6-5-7-9-12/h5-9,11,15H,4,10H2,1-3H3,(H,16,17). The van der Waals surface area contributed by atoms with Crippen LogP contribution in [0.3, 0.4) is 0 Å². The number of hydrogen-bond acceptors (Lipinski definition) is 3. The first kappa shape index (κ1) is 15.1. The van der Waals surface area contributed by atoms with E-state index in [2.05, 4.69) is 12.2 Å². The van der Waals surface area contributed by atoms with Crippen molar-refractivity contribution in [2.45, 2.75) is 42.9 Å². The zero-order valence-electron chi connectivity index (χ0n) is 11.1. The fourth-order valence-electron chi connectivity index (χ4n) is 1.97. The maximum atomic E-state index is 11.3. The Bertz CT molecular complexity index is 383. The van der Waals surface area contributed by atoms with E-state index in [-0.39, 0.29) is 5.25 Å².